The van der Waals surface area contributed by atoms with Crippen molar-refractivity contribution in [1.82, 2.24) is 0 Å². The molecular weight excluding hydrogens is 239 g/mol. The normalized spacial score (nSPS) is 28.2. The molecule has 0 aliphatic heterocycles. The average molecular weight is 265 g/mol. The molecule has 1 aliphatic rings. The summed E-state index contributed by atoms with van der Waals surface area (Å²) < 4.78 is 38.1. The molecule has 0 saturated heterocycles. The molecule has 18 heavy (non-hydrogen) atoms. The summed E-state index contributed by atoms with van der Waals surface area (Å²) in [5.74, 6) is -1.08. The zero-order valence-corrected chi connectivity index (χ0v) is 11.7. The molecule has 2 N–H and O–H groups in total. The average Bonchev–Trinajstić information content (AvgIpc) is 2.24. The van der Waals surface area contributed by atoms with Gasteiger partial charge in [-0.3, -0.25) is 0 Å². The minimum absolute atomic E-state index is 0.0488. The summed E-state index contributed by atoms with van der Waals surface area (Å²) in [7, 11) is 0. The molecule has 1 aliphatic carbocycles. The van der Waals surface area contributed by atoms with Gasteiger partial charge in [-0.1, -0.05) is 27.2 Å². The second kappa shape index (κ2) is 5.81. The molecule has 1 saturated carbocycles. The van der Waals surface area contributed by atoms with Crippen LogP contribution in [0.2, 0.25) is 0 Å². The van der Waals surface area contributed by atoms with Crippen molar-refractivity contribution in [1.29, 1.82) is 0 Å². The summed E-state index contributed by atoms with van der Waals surface area (Å²) in [6.45, 7) is 6.41. The van der Waals surface area contributed by atoms with Gasteiger partial charge in [-0.2, -0.15) is 13.2 Å². The zero-order valence-electron chi connectivity index (χ0n) is 11.7. The van der Waals surface area contributed by atoms with E-state index in [0.29, 0.717) is 6.42 Å². The second-order valence-electron chi connectivity index (χ2n) is 6.93. The lowest BCUT2D eigenvalue weighted by Crippen LogP contribution is -2.38. The molecule has 0 bridgehead atoms. The van der Waals surface area contributed by atoms with Crippen molar-refractivity contribution in [2.45, 2.75) is 71.5 Å². The predicted octanol–water partition coefficient (Wildman–Crippen LogP) is 4.51. The fraction of sp³-hybridized carbons (Fsp3) is 1.00. The van der Waals surface area contributed by atoms with Gasteiger partial charge in [0.05, 0.1) is 5.92 Å². The van der Waals surface area contributed by atoms with Gasteiger partial charge >= 0.3 is 6.18 Å². The Morgan fingerprint density at radius 2 is 1.78 bits per heavy atom. The van der Waals surface area contributed by atoms with E-state index in [9.17, 15) is 13.2 Å². The number of nitrogens with two attached hydrogens (primary N) is 1. The van der Waals surface area contributed by atoms with Crippen LogP contribution in [0.3, 0.4) is 0 Å². The molecule has 108 valence electrons. The van der Waals surface area contributed by atoms with Gasteiger partial charge in [0.2, 0.25) is 0 Å². The maximum Gasteiger partial charge on any atom is 0.391 e. The molecule has 4 heteroatoms. The van der Waals surface area contributed by atoms with Crippen molar-refractivity contribution >= 4 is 0 Å². The van der Waals surface area contributed by atoms with Crippen LogP contribution in [0.25, 0.3) is 0 Å². The minimum atomic E-state index is -4.04. The van der Waals surface area contributed by atoms with E-state index in [0.717, 1.165) is 19.3 Å². The van der Waals surface area contributed by atoms with Crippen LogP contribution in [-0.2, 0) is 0 Å². The van der Waals surface area contributed by atoms with Crippen molar-refractivity contribution < 1.29 is 13.2 Å². The fourth-order valence-electron chi connectivity index (χ4n) is 2.75. The Morgan fingerprint density at radius 1 is 1.17 bits per heavy atom. The first-order chi connectivity index (χ1) is 8.09. The van der Waals surface area contributed by atoms with Gasteiger partial charge in [0.1, 0.15) is 0 Å². The SMILES string of the molecule is CC(C)(C)CCC(N)C1CCCC(C(F)(F)F)C1. The molecular formula is C14H26F3N. The largest absolute Gasteiger partial charge is 0.391 e. The molecule has 0 aromatic rings. The van der Waals surface area contributed by atoms with Crippen LogP contribution in [0, 0.1) is 17.3 Å². The number of rotatable bonds is 3. The maximum absolute atomic E-state index is 12.7. The fourth-order valence-corrected chi connectivity index (χ4v) is 2.75. The zero-order chi connectivity index (χ0) is 14.0. The van der Waals surface area contributed by atoms with Gasteiger partial charge < -0.3 is 5.73 Å². The molecule has 3 unspecified atom stereocenters. The van der Waals surface area contributed by atoms with Gasteiger partial charge in [0, 0.05) is 6.04 Å². The van der Waals surface area contributed by atoms with Crippen molar-refractivity contribution in [2.24, 2.45) is 23.0 Å². The Hall–Kier alpha value is -0.250. The highest BCUT2D eigenvalue weighted by Gasteiger charge is 2.43. The Balaban J connectivity index is 2.46. The Morgan fingerprint density at radius 3 is 2.28 bits per heavy atom. The lowest BCUT2D eigenvalue weighted by molar-refractivity contribution is -0.186. The highest BCUT2D eigenvalue weighted by atomic mass is 19.4. The molecule has 0 aromatic heterocycles. The summed E-state index contributed by atoms with van der Waals surface area (Å²) in [5, 5.41) is 0. The third-order valence-electron chi connectivity index (χ3n) is 4.01. The first-order valence-electron chi connectivity index (χ1n) is 6.92. The lowest BCUT2D eigenvalue weighted by Gasteiger charge is -2.34. The molecule has 0 aromatic carbocycles. The van der Waals surface area contributed by atoms with E-state index in [1.165, 1.54) is 0 Å². The van der Waals surface area contributed by atoms with E-state index in [-0.39, 0.29) is 30.2 Å². The van der Waals surface area contributed by atoms with Crippen molar-refractivity contribution in [2.75, 3.05) is 0 Å². The predicted molar refractivity (Wildman–Crippen MR) is 68.2 cm³/mol. The third-order valence-corrected chi connectivity index (χ3v) is 4.01. The second-order valence-corrected chi connectivity index (χ2v) is 6.93. The van der Waals surface area contributed by atoms with Crippen LogP contribution in [-0.4, -0.2) is 12.2 Å². The Kier molecular flexibility index (Phi) is 5.10. The summed E-state index contributed by atoms with van der Waals surface area (Å²) in [4.78, 5) is 0. The van der Waals surface area contributed by atoms with Gasteiger partial charge in [0.25, 0.3) is 0 Å². The van der Waals surface area contributed by atoms with Gasteiger partial charge in [0.15, 0.2) is 0 Å². The topological polar surface area (TPSA) is 26.0 Å². The lowest BCUT2D eigenvalue weighted by atomic mass is 9.75. The standard InChI is InChI=1S/C14H26F3N/c1-13(2,3)8-7-12(18)10-5-4-6-11(9-10)14(15,16)17/h10-12H,4-9,18H2,1-3H3. The molecule has 1 fully saturated rings. The van der Waals surface area contributed by atoms with Gasteiger partial charge in [-0.25, -0.2) is 0 Å². The molecule has 3 atom stereocenters. The van der Waals surface area contributed by atoms with Crippen LogP contribution >= 0.6 is 0 Å². The van der Waals surface area contributed by atoms with E-state index in [2.05, 4.69) is 20.8 Å². The number of hydrogen-bond donors (Lipinski definition) is 1. The molecule has 0 heterocycles. The number of halogens is 3. The van der Waals surface area contributed by atoms with E-state index in [1.807, 2.05) is 0 Å². The Bertz CT molecular complexity index is 255. The van der Waals surface area contributed by atoms with Crippen LogP contribution in [0.15, 0.2) is 0 Å². The summed E-state index contributed by atoms with van der Waals surface area (Å²) in [6, 6.07) is -0.0747. The van der Waals surface area contributed by atoms with Gasteiger partial charge in [-0.05, 0) is 43.4 Å². The molecule has 0 radical (unpaired) electrons. The number of alkyl halides is 3. The maximum atomic E-state index is 12.7. The quantitative estimate of drug-likeness (QED) is 0.798. The van der Waals surface area contributed by atoms with Crippen LogP contribution in [0.4, 0.5) is 13.2 Å². The highest BCUT2D eigenvalue weighted by Crippen LogP contribution is 2.41. The minimum Gasteiger partial charge on any atom is -0.327 e. The smallest absolute Gasteiger partial charge is 0.327 e. The third kappa shape index (κ3) is 5.17. The first-order valence-corrected chi connectivity index (χ1v) is 6.92. The monoisotopic (exact) mass is 265 g/mol. The summed E-state index contributed by atoms with van der Waals surface area (Å²) in [6.07, 6.45) is -0.195. The van der Waals surface area contributed by atoms with Crippen molar-refractivity contribution in [3.63, 3.8) is 0 Å². The van der Waals surface area contributed by atoms with E-state index < -0.39 is 12.1 Å². The molecule has 1 rings (SSSR count). The van der Waals surface area contributed by atoms with Crippen LogP contribution < -0.4 is 5.73 Å². The molecule has 0 amide bonds. The molecule has 0 spiro atoms. The van der Waals surface area contributed by atoms with Crippen LogP contribution in [0.5, 0.6) is 0 Å². The highest BCUT2D eigenvalue weighted by molar-refractivity contribution is 4.84. The van der Waals surface area contributed by atoms with Crippen molar-refractivity contribution in [3.05, 3.63) is 0 Å². The van der Waals surface area contributed by atoms with Crippen molar-refractivity contribution in [3.8, 4) is 0 Å². The Labute approximate surface area is 108 Å². The summed E-state index contributed by atoms with van der Waals surface area (Å²) >= 11 is 0. The first kappa shape index (κ1) is 15.8. The van der Waals surface area contributed by atoms with Gasteiger partial charge in [-0.15, -0.1) is 0 Å². The van der Waals surface area contributed by atoms with E-state index in [1.54, 1.807) is 0 Å². The number of hydrogen-bond acceptors (Lipinski definition) is 1. The summed E-state index contributed by atoms with van der Waals surface area (Å²) in [5.41, 5.74) is 6.30. The van der Waals surface area contributed by atoms with Crippen LogP contribution in [0.1, 0.15) is 59.3 Å². The van der Waals surface area contributed by atoms with E-state index >= 15 is 0 Å². The van der Waals surface area contributed by atoms with E-state index in [4.69, 9.17) is 5.73 Å². The molecule has 1 nitrogen and oxygen atoms in total.